The van der Waals surface area contributed by atoms with Gasteiger partial charge in [-0.1, -0.05) is 0 Å². The molecule has 0 fully saturated rings. The molecule has 1 rings (SSSR count). The third-order valence-corrected chi connectivity index (χ3v) is 1.90. The molecule has 0 amide bonds. The van der Waals surface area contributed by atoms with Gasteiger partial charge in [-0.2, -0.15) is 22.5 Å². The summed E-state index contributed by atoms with van der Waals surface area (Å²) < 4.78 is 39.1. The molecule has 0 aliphatic heterocycles. The summed E-state index contributed by atoms with van der Waals surface area (Å²) in [4.78, 5) is 3.21. The molecule has 0 aromatic carbocycles. The van der Waals surface area contributed by atoms with E-state index in [1.165, 1.54) is 6.92 Å². The number of rotatable bonds is 3. The van der Waals surface area contributed by atoms with Gasteiger partial charge in [-0.25, -0.2) is 0 Å². The molecule has 0 spiro atoms. The zero-order valence-electron chi connectivity index (χ0n) is 7.17. The summed E-state index contributed by atoms with van der Waals surface area (Å²) in [7, 11) is 0. The van der Waals surface area contributed by atoms with Crippen LogP contribution in [-0.2, 0) is 6.18 Å². The lowest BCUT2D eigenvalue weighted by molar-refractivity contribution is -0.144. The monoisotopic (exact) mass is 227 g/mol. The lowest BCUT2D eigenvalue weighted by Crippen LogP contribution is -2.15. The molecule has 8 heteroatoms. The maximum atomic E-state index is 12.0. The maximum absolute atomic E-state index is 12.0. The Labute approximate surface area is 82.0 Å². The minimum absolute atomic E-state index is 0.0539. The normalized spacial score (nSPS) is 14.1. The lowest BCUT2D eigenvalue weighted by Gasteiger charge is -2.03. The Bertz CT molecular complexity index is 299. The molecule has 0 saturated heterocycles. The van der Waals surface area contributed by atoms with Crippen LogP contribution in [-0.4, -0.2) is 27.1 Å². The van der Waals surface area contributed by atoms with Crippen molar-refractivity contribution in [3.05, 3.63) is 5.82 Å². The number of nitrogens with one attached hydrogen (secondary N) is 1. The van der Waals surface area contributed by atoms with Crippen LogP contribution in [0, 0.1) is 0 Å². The highest BCUT2D eigenvalue weighted by Gasteiger charge is 2.36. The number of hydrogen-bond donors (Lipinski definition) is 2. The number of aromatic nitrogens is 2. The number of anilines is 1. The van der Waals surface area contributed by atoms with Gasteiger partial charge in [0, 0.05) is 18.1 Å². The molecule has 80 valence electrons. The average Bonchev–Trinajstić information content (AvgIpc) is 2.47. The number of alkyl halides is 3. The first-order chi connectivity index (χ1) is 6.39. The average molecular weight is 227 g/mol. The van der Waals surface area contributed by atoms with Crippen LogP contribution < -0.4 is 5.32 Å². The number of aliphatic hydroxyl groups is 1. The lowest BCUT2D eigenvalue weighted by atomic mass is 10.4. The van der Waals surface area contributed by atoms with E-state index in [1.807, 2.05) is 0 Å². The molecule has 2 N–H and O–H groups in total. The molecule has 1 heterocycles. The van der Waals surface area contributed by atoms with Crippen molar-refractivity contribution < 1.29 is 18.3 Å². The molecule has 1 atom stereocenters. The summed E-state index contributed by atoms with van der Waals surface area (Å²) in [6.45, 7) is 1.66. The van der Waals surface area contributed by atoms with Crippen LogP contribution in [0.4, 0.5) is 18.3 Å². The molecule has 1 unspecified atom stereocenters. The van der Waals surface area contributed by atoms with E-state index in [-0.39, 0.29) is 11.7 Å². The largest absolute Gasteiger partial charge is 0.452 e. The van der Waals surface area contributed by atoms with E-state index in [2.05, 4.69) is 14.7 Å². The number of aliphatic hydroxyl groups excluding tert-OH is 1. The van der Waals surface area contributed by atoms with Crippen molar-refractivity contribution in [1.29, 1.82) is 0 Å². The smallest absolute Gasteiger partial charge is 0.392 e. The summed E-state index contributed by atoms with van der Waals surface area (Å²) in [5.74, 6) is -1.16. The summed E-state index contributed by atoms with van der Waals surface area (Å²) in [5, 5.41) is 11.4. The molecule has 0 saturated carbocycles. The second-order valence-electron chi connectivity index (χ2n) is 2.65. The van der Waals surface area contributed by atoms with E-state index in [1.54, 1.807) is 0 Å². The quantitative estimate of drug-likeness (QED) is 0.818. The fourth-order valence-corrected chi connectivity index (χ4v) is 1.24. The van der Waals surface area contributed by atoms with Crippen molar-refractivity contribution in [2.24, 2.45) is 0 Å². The molecule has 0 aliphatic carbocycles. The molecular weight excluding hydrogens is 219 g/mol. The third kappa shape index (κ3) is 3.11. The standard InChI is InChI=1S/C6H8F3N3OS/c1-3(13)2-10-5-11-4(12-14-5)6(7,8)9/h3,13H,2H2,1H3,(H,10,11,12). The summed E-state index contributed by atoms with van der Waals surface area (Å²) in [5.41, 5.74) is 0. The molecule has 0 aliphatic rings. The van der Waals surface area contributed by atoms with Gasteiger partial charge in [0.25, 0.3) is 0 Å². The Morgan fingerprint density at radius 3 is 2.64 bits per heavy atom. The highest BCUT2D eigenvalue weighted by Crippen LogP contribution is 2.28. The predicted octanol–water partition coefficient (Wildman–Crippen LogP) is 1.35. The fraction of sp³-hybridized carbons (Fsp3) is 0.667. The maximum Gasteiger partial charge on any atom is 0.452 e. The minimum Gasteiger partial charge on any atom is -0.392 e. The first-order valence-electron chi connectivity index (χ1n) is 3.72. The van der Waals surface area contributed by atoms with Gasteiger partial charge in [0.2, 0.25) is 11.0 Å². The zero-order valence-corrected chi connectivity index (χ0v) is 7.98. The molecule has 1 aromatic heterocycles. The molecule has 0 bridgehead atoms. The Morgan fingerprint density at radius 2 is 2.21 bits per heavy atom. The number of halogens is 3. The van der Waals surface area contributed by atoms with Crippen LogP contribution in [0.3, 0.4) is 0 Å². The van der Waals surface area contributed by atoms with Gasteiger partial charge in [-0.05, 0) is 6.92 Å². The Balaban J connectivity index is 2.60. The van der Waals surface area contributed by atoms with E-state index in [0.29, 0.717) is 11.5 Å². The topological polar surface area (TPSA) is 58.0 Å². The first kappa shape index (κ1) is 11.2. The van der Waals surface area contributed by atoms with E-state index in [4.69, 9.17) is 5.11 Å². The van der Waals surface area contributed by atoms with Gasteiger partial charge in [0.05, 0.1) is 6.10 Å². The highest BCUT2D eigenvalue weighted by atomic mass is 32.1. The third-order valence-electron chi connectivity index (χ3n) is 1.23. The molecule has 1 aromatic rings. The van der Waals surface area contributed by atoms with Crippen molar-refractivity contribution >= 4 is 16.7 Å². The molecule has 0 radical (unpaired) electrons. The van der Waals surface area contributed by atoms with Crippen LogP contribution in [0.1, 0.15) is 12.7 Å². The van der Waals surface area contributed by atoms with Gasteiger partial charge in [0.1, 0.15) is 0 Å². The van der Waals surface area contributed by atoms with Gasteiger partial charge in [-0.15, -0.1) is 0 Å². The van der Waals surface area contributed by atoms with Gasteiger partial charge >= 0.3 is 6.18 Å². The summed E-state index contributed by atoms with van der Waals surface area (Å²) >= 11 is 0.615. The van der Waals surface area contributed by atoms with Crippen LogP contribution in [0.5, 0.6) is 0 Å². The second kappa shape index (κ2) is 4.09. The van der Waals surface area contributed by atoms with E-state index in [9.17, 15) is 13.2 Å². The summed E-state index contributed by atoms with van der Waals surface area (Å²) in [6, 6.07) is 0. The SMILES string of the molecule is CC(O)CNc1nc(C(F)(F)F)ns1. The molecular formula is C6H8F3N3OS. The second-order valence-corrected chi connectivity index (χ2v) is 3.40. The van der Waals surface area contributed by atoms with Crippen molar-refractivity contribution in [1.82, 2.24) is 9.36 Å². The van der Waals surface area contributed by atoms with Crippen molar-refractivity contribution in [3.8, 4) is 0 Å². The van der Waals surface area contributed by atoms with E-state index in [0.717, 1.165) is 0 Å². The first-order valence-corrected chi connectivity index (χ1v) is 4.50. The van der Waals surface area contributed by atoms with Crippen LogP contribution in [0.15, 0.2) is 0 Å². The summed E-state index contributed by atoms with van der Waals surface area (Å²) in [6.07, 6.45) is -5.16. The van der Waals surface area contributed by atoms with Crippen LogP contribution >= 0.6 is 11.5 Å². The van der Waals surface area contributed by atoms with E-state index < -0.39 is 18.1 Å². The molecule has 14 heavy (non-hydrogen) atoms. The Hall–Kier alpha value is -0.890. The zero-order chi connectivity index (χ0) is 10.8. The predicted molar refractivity (Wildman–Crippen MR) is 45.1 cm³/mol. The van der Waals surface area contributed by atoms with E-state index >= 15 is 0 Å². The van der Waals surface area contributed by atoms with Crippen molar-refractivity contribution in [2.75, 3.05) is 11.9 Å². The van der Waals surface area contributed by atoms with Crippen LogP contribution in [0.25, 0.3) is 0 Å². The number of nitrogens with zero attached hydrogens (tertiary/aromatic N) is 2. The highest BCUT2D eigenvalue weighted by molar-refractivity contribution is 7.09. The minimum atomic E-state index is -4.51. The fourth-order valence-electron chi connectivity index (χ4n) is 0.645. The molecule has 4 nitrogen and oxygen atoms in total. The van der Waals surface area contributed by atoms with Crippen LogP contribution in [0.2, 0.25) is 0 Å². The van der Waals surface area contributed by atoms with Gasteiger partial charge in [-0.3, -0.25) is 0 Å². The van der Waals surface area contributed by atoms with Gasteiger partial charge in [0.15, 0.2) is 0 Å². The number of hydrogen-bond acceptors (Lipinski definition) is 5. The Morgan fingerprint density at radius 1 is 1.57 bits per heavy atom. The van der Waals surface area contributed by atoms with Crippen molar-refractivity contribution in [2.45, 2.75) is 19.2 Å². The van der Waals surface area contributed by atoms with Gasteiger partial charge < -0.3 is 10.4 Å². The van der Waals surface area contributed by atoms with Crippen molar-refractivity contribution in [3.63, 3.8) is 0 Å². The Kier molecular flexibility index (Phi) is 3.27.